The maximum atomic E-state index is 4.57. The van der Waals surface area contributed by atoms with Crippen LogP contribution in [0.25, 0.3) is 22.1 Å². The maximum Gasteiger partial charge on any atom is 0.163 e. The van der Waals surface area contributed by atoms with E-state index in [-0.39, 0.29) is 0 Å². The zero-order valence-electron chi connectivity index (χ0n) is 20.3. The van der Waals surface area contributed by atoms with Gasteiger partial charge in [-0.15, -0.1) is 11.8 Å². The minimum Gasteiger partial charge on any atom is -0.359 e. The lowest BCUT2D eigenvalue weighted by atomic mass is 10.2. The Morgan fingerprint density at radius 2 is 1.66 bits per heavy atom. The third-order valence-electron chi connectivity index (χ3n) is 6.38. The highest BCUT2D eigenvalue weighted by molar-refractivity contribution is 9.10. The second-order valence-corrected chi connectivity index (χ2v) is 17.0. The molecule has 0 spiro atoms. The Morgan fingerprint density at radius 1 is 1.00 bits per heavy atom. The minimum atomic E-state index is -1.57. The van der Waals surface area contributed by atoms with Gasteiger partial charge in [0, 0.05) is 45.8 Å². The van der Waals surface area contributed by atoms with Crippen molar-refractivity contribution in [1.29, 1.82) is 0 Å². The Balaban J connectivity index is 0.000000182. The minimum absolute atomic E-state index is 0.313. The lowest BCUT2D eigenvalue weighted by Gasteiger charge is -2.38. The van der Waals surface area contributed by atoms with Gasteiger partial charge in [0.2, 0.25) is 0 Å². The molecule has 0 amide bonds. The molecule has 0 aliphatic carbocycles. The number of fused-ring (bicyclic) bond motifs is 2. The van der Waals surface area contributed by atoms with Crippen molar-refractivity contribution in [3.63, 3.8) is 0 Å². The Kier molecular flexibility index (Phi) is 7.94. The van der Waals surface area contributed by atoms with Gasteiger partial charge in [0.15, 0.2) is 8.24 Å². The molecule has 0 saturated carbocycles. The molecule has 0 aromatic carbocycles. The lowest BCUT2D eigenvalue weighted by Crippen LogP contribution is -2.45. The van der Waals surface area contributed by atoms with E-state index in [0.29, 0.717) is 5.04 Å². The van der Waals surface area contributed by atoms with Crippen LogP contribution >= 0.6 is 27.7 Å². The standard InChI is InChI=1S/C13H19BrN2Si.C12H16N2S/c1-13(2,3)17(4,5)16-7-6-10-8-11(14)9-15-12(10)16;1-3-4-7-15-11-8-10-5-6-14(2)12(10)13-9-11/h6-9H,1-5H3;5-6,8-9H,3-4,7H2,1-2H3. The molecule has 0 unspecified atom stereocenters. The molecule has 0 bridgehead atoms. The fourth-order valence-electron chi connectivity index (χ4n) is 3.36. The number of aromatic nitrogens is 4. The molecule has 4 aromatic heterocycles. The topological polar surface area (TPSA) is 35.6 Å². The molecule has 0 N–H and O–H groups in total. The van der Waals surface area contributed by atoms with E-state index in [4.69, 9.17) is 0 Å². The quantitative estimate of drug-likeness (QED) is 0.148. The number of hydrogen-bond acceptors (Lipinski definition) is 3. The van der Waals surface area contributed by atoms with Gasteiger partial charge in [-0.05, 0) is 63.6 Å². The summed E-state index contributed by atoms with van der Waals surface area (Å²) in [5, 5.41) is 2.76. The van der Waals surface area contributed by atoms with Crippen molar-refractivity contribution in [3.8, 4) is 0 Å². The van der Waals surface area contributed by atoms with E-state index in [9.17, 15) is 0 Å². The summed E-state index contributed by atoms with van der Waals surface area (Å²) in [5.41, 5.74) is 2.18. The molecule has 0 radical (unpaired) electrons. The fraction of sp³-hybridized carbons (Fsp3) is 0.440. The molecule has 7 heteroatoms. The number of unbranched alkanes of at least 4 members (excludes halogenated alkanes) is 1. The van der Waals surface area contributed by atoms with Crippen molar-refractivity contribution in [2.45, 2.75) is 63.6 Å². The van der Waals surface area contributed by atoms with Crippen molar-refractivity contribution >= 4 is 58.0 Å². The number of rotatable bonds is 5. The molecule has 0 aliphatic rings. The van der Waals surface area contributed by atoms with Gasteiger partial charge in [0.05, 0.1) is 0 Å². The highest BCUT2D eigenvalue weighted by Crippen LogP contribution is 2.38. The van der Waals surface area contributed by atoms with Gasteiger partial charge in [-0.1, -0.05) is 47.2 Å². The van der Waals surface area contributed by atoms with Crippen LogP contribution in [0.15, 0.2) is 58.4 Å². The van der Waals surface area contributed by atoms with Crippen LogP contribution in [0.2, 0.25) is 18.1 Å². The molecule has 0 saturated heterocycles. The Morgan fingerprint density at radius 3 is 2.34 bits per heavy atom. The fourth-order valence-corrected chi connectivity index (χ4v) is 6.60. The molecule has 0 aliphatic heterocycles. The Labute approximate surface area is 206 Å². The van der Waals surface area contributed by atoms with Crippen molar-refractivity contribution in [1.82, 2.24) is 18.8 Å². The van der Waals surface area contributed by atoms with Crippen LogP contribution in [0.3, 0.4) is 0 Å². The van der Waals surface area contributed by atoms with Crippen molar-refractivity contribution in [2.75, 3.05) is 5.75 Å². The zero-order valence-corrected chi connectivity index (χ0v) is 23.7. The molecular formula is C25H35BrN4SSi. The Hall–Kier alpha value is -1.57. The first-order valence-corrected chi connectivity index (χ1v) is 15.9. The normalized spacial score (nSPS) is 12.2. The number of thioether (sulfide) groups is 1. The molecular weight excluding hydrogens is 496 g/mol. The van der Waals surface area contributed by atoms with Crippen LogP contribution in [-0.4, -0.2) is 32.8 Å². The first kappa shape index (κ1) is 25.1. The van der Waals surface area contributed by atoms with Crippen molar-refractivity contribution in [2.24, 2.45) is 7.05 Å². The summed E-state index contributed by atoms with van der Waals surface area (Å²) in [6.07, 6.45) is 10.6. The van der Waals surface area contributed by atoms with Gasteiger partial charge in [0.1, 0.15) is 11.3 Å². The van der Waals surface area contributed by atoms with Crippen LogP contribution < -0.4 is 0 Å². The molecule has 0 atom stereocenters. The first-order chi connectivity index (χ1) is 15.0. The highest BCUT2D eigenvalue weighted by Gasteiger charge is 2.38. The van der Waals surface area contributed by atoms with Crippen LogP contribution in [0.5, 0.6) is 0 Å². The van der Waals surface area contributed by atoms with Gasteiger partial charge in [0.25, 0.3) is 0 Å². The number of pyridine rings is 2. The largest absolute Gasteiger partial charge is 0.359 e. The second-order valence-electron chi connectivity index (χ2n) is 9.77. The lowest BCUT2D eigenvalue weighted by molar-refractivity contribution is 0.702. The van der Waals surface area contributed by atoms with Crippen LogP contribution in [-0.2, 0) is 7.05 Å². The molecule has 32 heavy (non-hydrogen) atoms. The van der Waals surface area contributed by atoms with Crippen LogP contribution in [0, 0.1) is 0 Å². The van der Waals surface area contributed by atoms with Crippen molar-refractivity contribution < 1.29 is 0 Å². The van der Waals surface area contributed by atoms with E-state index in [0.717, 1.165) is 15.8 Å². The number of hydrogen-bond donors (Lipinski definition) is 0. The Bertz CT molecular complexity index is 1190. The van der Waals surface area contributed by atoms with E-state index in [1.54, 1.807) is 0 Å². The van der Waals surface area contributed by atoms with Crippen LogP contribution in [0.4, 0.5) is 0 Å². The summed E-state index contributed by atoms with van der Waals surface area (Å²) < 4.78 is 5.50. The van der Waals surface area contributed by atoms with E-state index in [1.807, 2.05) is 31.2 Å². The summed E-state index contributed by atoms with van der Waals surface area (Å²) >= 11 is 5.37. The van der Waals surface area contributed by atoms with Gasteiger partial charge in [-0.2, -0.15) is 0 Å². The molecule has 4 aromatic rings. The third kappa shape index (κ3) is 5.49. The second kappa shape index (κ2) is 10.1. The van der Waals surface area contributed by atoms with E-state index in [1.165, 1.54) is 34.3 Å². The molecule has 4 rings (SSSR count). The monoisotopic (exact) mass is 530 g/mol. The molecule has 172 valence electrons. The smallest absolute Gasteiger partial charge is 0.163 e. The number of halogens is 1. The van der Waals surface area contributed by atoms with Gasteiger partial charge in [-0.25, -0.2) is 9.97 Å². The zero-order chi connectivity index (χ0) is 23.5. The average Bonchev–Trinajstić information content (AvgIpc) is 3.31. The average molecular weight is 532 g/mol. The molecule has 4 heterocycles. The third-order valence-corrected chi connectivity index (χ3v) is 13.1. The summed E-state index contributed by atoms with van der Waals surface area (Å²) in [6.45, 7) is 14.0. The number of aryl methyl sites for hydroxylation is 1. The van der Waals surface area contributed by atoms with E-state index >= 15 is 0 Å². The maximum absolute atomic E-state index is 4.57. The van der Waals surface area contributed by atoms with E-state index < -0.39 is 8.24 Å². The van der Waals surface area contributed by atoms with Gasteiger partial charge in [-0.3, -0.25) is 0 Å². The summed E-state index contributed by atoms with van der Waals surface area (Å²) in [6, 6.07) is 8.63. The van der Waals surface area contributed by atoms with E-state index in [2.05, 4.69) is 112 Å². The van der Waals surface area contributed by atoms with Gasteiger partial charge >= 0.3 is 0 Å². The highest BCUT2D eigenvalue weighted by atomic mass is 79.9. The summed E-state index contributed by atoms with van der Waals surface area (Å²) in [4.78, 5) is 10.3. The SMILES string of the molecule is CC(C)(C)[Si](C)(C)n1ccc2cc(Br)cnc21.CCCCSc1cnc2c(ccn2C)c1. The summed E-state index contributed by atoms with van der Waals surface area (Å²) in [7, 11) is 0.455. The van der Waals surface area contributed by atoms with Gasteiger partial charge < -0.3 is 8.80 Å². The van der Waals surface area contributed by atoms with Crippen molar-refractivity contribution in [3.05, 3.63) is 53.5 Å². The van der Waals surface area contributed by atoms with Crippen LogP contribution in [0.1, 0.15) is 40.5 Å². The molecule has 0 fully saturated rings. The number of nitrogens with zero attached hydrogens (tertiary/aromatic N) is 4. The summed E-state index contributed by atoms with van der Waals surface area (Å²) in [5.74, 6) is 1.19. The first-order valence-electron chi connectivity index (χ1n) is 11.2. The predicted molar refractivity (Wildman–Crippen MR) is 146 cm³/mol. The predicted octanol–water partition coefficient (Wildman–Crippen LogP) is 8.12. The molecule has 4 nitrogen and oxygen atoms in total.